The van der Waals surface area contributed by atoms with Gasteiger partial charge in [0.15, 0.2) is 0 Å². The van der Waals surface area contributed by atoms with Crippen molar-refractivity contribution in [3.8, 4) is 0 Å². The molecule has 0 saturated carbocycles. The van der Waals surface area contributed by atoms with Crippen LogP contribution in [0.15, 0.2) is 30.3 Å². The van der Waals surface area contributed by atoms with Gasteiger partial charge in [0, 0.05) is 6.54 Å². The molecule has 1 aliphatic heterocycles. The number of hydrogen-bond donors (Lipinski definition) is 1. The minimum absolute atomic E-state index is 0.163. The molecule has 1 aliphatic rings. The summed E-state index contributed by atoms with van der Waals surface area (Å²) in [5.41, 5.74) is 0.961. The molecular weight excluding hydrogens is 252 g/mol. The summed E-state index contributed by atoms with van der Waals surface area (Å²) in [4.78, 5) is 13.7. The lowest BCUT2D eigenvalue weighted by molar-refractivity contribution is -0.139. The van der Waals surface area contributed by atoms with Crippen molar-refractivity contribution >= 4 is 5.91 Å². The smallest absolute Gasteiger partial charge is 0.264 e. The molecule has 0 bridgehead atoms. The van der Waals surface area contributed by atoms with Crippen molar-refractivity contribution in [1.82, 2.24) is 4.90 Å². The highest BCUT2D eigenvalue weighted by Gasteiger charge is 2.42. The van der Waals surface area contributed by atoms with Gasteiger partial charge in [0.1, 0.15) is 6.10 Å². The van der Waals surface area contributed by atoms with Crippen molar-refractivity contribution in [2.45, 2.75) is 31.9 Å². The van der Waals surface area contributed by atoms with Gasteiger partial charge >= 0.3 is 0 Å². The minimum Gasteiger partial charge on any atom is -0.386 e. The third kappa shape index (κ3) is 2.76. The van der Waals surface area contributed by atoms with E-state index in [4.69, 9.17) is 0 Å². The van der Waals surface area contributed by atoms with Gasteiger partial charge in [-0.05, 0) is 18.9 Å². The number of alkyl halides is 2. The molecule has 0 radical (unpaired) electrons. The van der Waals surface area contributed by atoms with Gasteiger partial charge in [-0.3, -0.25) is 4.79 Å². The molecule has 19 heavy (non-hydrogen) atoms. The fourth-order valence-electron chi connectivity index (χ4n) is 2.51. The number of rotatable bonds is 4. The Bertz CT molecular complexity index is 438. The predicted molar refractivity (Wildman–Crippen MR) is 66.7 cm³/mol. The summed E-state index contributed by atoms with van der Waals surface area (Å²) in [5, 5.41) is 9.37. The average molecular weight is 269 g/mol. The first-order valence-electron chi connectivity index (χ1n) is 6.34. The quantitative estimate of drug-likeness (QED) is 0.910. The van der Waals surface area contributed by atoms with Crippen LogP contribution < -0.4 is 0 Å². The third-order valence-corrected chi connectivity index (χ3v) is 3.70. The van der Waals surface area contributed by atoms with Crippen LogP contribution in [0, 0.1) is 5.92 Å². The Morgan fingerprint density at radius 3 is 2.53 bits per heavy atom. The minimum atomic E-state index is -2.87. The molecule has 1 fully saturated rings. The number of halogens is 2. The zero-order valence-electron chi connectivity index (χ0n) is 10.7. The van der Waals surface area contributed by atoms with E-state index in [-0.39, 0.29) is 18.4 Å². The number of carbonyl (C=O) groups excluding carboxylic acids is 1. The molecule has 1 aromatic carbocycles. The van der Waals surface area contributed by atoms with Crippen molar-refractivity contribution in [3.63, 3.8) is 0 Å². The summed E-state index contributed by atoms with van der Waals surface area (Å²) in [5.74, 6) is -1.37. The molecule has 1 amide bonds. The number of aliphatic hydroxyl groups is 1. The largest absolute Gasteiger partial charge is 0.386 e. The molecule has 1 aromatic rings. The first-order chi connectivity index (χ1) is 9.02. The normalized spacial score (nSPS) is 22.9. The Balaban J connectivity index is 2.10. The molecule has 1 saturated heterocycles. The van der Waals surface area contributed by atoms with E-state index in [1.807, 2.05) is 37.3 Å². The zero-order valence-corrected chi connectivity index (χ0v) is 10.7. The zero-order chi connectivity index (χ0) is 14.0. The summed E-state index contributed by atoms with van der Waals surface area (Å²) in [6, 6.07) is 9.26. The van der Waals surface area contributed by atoms with E-state index in [2.05, 4.69) is 0 Å². The second kappa shape index (κ2) is 5.65. The van der Waals surface area contributed by atoms with Gasteiger partial charge in [-0.2, -0.15) is 0 Å². The number of carbonyl (C=O) groups is 1. The molecule has 5 heteroatoms. The number of amides is 1. The number of nitrogens with zero attached hydrogens (tertiary/aromatic N) is 1. The number of aliphatic hydroxyl groups excluding tert-OH is 1. The van der Waals surface area contributed by atoms with E-state index in [0.717, 1.165) is 5.56 Å². The predicted octanol–water partition coefficient (Wildman–Crippen LogP) is 2.22. The fraction of sp³-hybridized carbons (Fsp3) is 0.500. The van der Waals surface area contributed by atoms with Crippen molar-refractivity contribution in [3.05, 3.63) is 35.9 Å². The lowest BCUT2D eigenvalue weighted by atomic mass is 10.0. The molecule has 3 nitrogen and oxygen atoms in total. The van der Waals surface area contributed by atoms with Gasteiger partial charge in [0.2, 0.25) is 5.91 Å². The first kappa shape index (κ1) is 13.9. The highest BCUT2D eigenvalue weighted by atomic mass is 19.3. The Morgan fingerprint density at radius 2 is 1.95 bits per heavy atom. The molecule has 0 aliphatic carbocycles. The van der Waals surface area contributed by atoms with E-state index in [1.165, 1.54) is 0 Å². The van der Waals surface area contributed by atoms with Crippen LogP contribution in [0.1, 0.15) is 24.9 Å². The van der Waals surface area contributed by atoms with Gasteiger partial charge in [0.25, 0.3) is 6.43 Å². The molecule has 104 valence electrons. The highest BCUT2D eigenvalue weighted by molar-refractivity contribution is 5.82. The Hall–Kier alpha value is -1.49. The van der Waals surface area contributed by atoms with Crippen molar-refractivity contribution in [2.75, 3.05) is 6.54 Å². The van der Waals surface area contributed by atoms with E-state index in [9.17, 15) is 18.7 Å². The average Bonchev–Trinajstić information content (AvgIpc) is 2.79. The Morgan fingerprint density at radius 1 is 1.32 bits per heavy atom. The molecule has 1 N–H and O–H groups in total. The van der Waals surface area contributed by atoms with Gasteiger partial charge in [-0.1, -0.05) is 30.3 Å². The SMILES string of the molecule is CC(c1ccccc1)N1CCC(C(O)C(F)F)C1=O. The van der Waals surface area contributed by atoms with Gasteiger partial charge in [-0.15, -0.1) is 0 Å². The van der Waals surface area contributed by atoms with Crippen molar-refractivity contribution in [2.24, 2.45) is 5.92 Å². The van der Waals surface area contributed by atoms with Gasteiger partial charge < -0.3 is 10.0 Å². The van der Waals surface area contributed by atoms with Crippen LogP contribution in [0.25, 0.3) is 0 Å². The maximum atomic E-state index is 12.5. The molecule has 3 unspecified atom stereocenters. The maximum absolute atomic E-state index is 12.5. The van der Waals surface area contributed by atoms with Crippen LogP contribution in [-0.2, 0) is 4.79 Å². The van der Waals surface area contributed by atoms with Crippen LogP contribution >= 0.6 is 0 Å². The number of hydrogen-bond acceptors (Lipinski definition) is 2. The topological polar surface area (TPSA) is 40.5 Å². The lowest BCUT2D eigenvalue weighted by Gasteiger charge is -2.26. The van der Waals surface area contributed by atoms with Crippen LogP contribution in [0.2, 0.25) is 0 Å². The van der Waals surface area contributed by atoms with Gasteiger partial charge in [0.05, 0.1) is 12.0 Å². The van der Waals surface area contributed by atoms with Crippen LogP contribution in [-0.4, -0.2) is 35.0 Å². The monoisotopic (exact) mass is 269 g/mol. The maximum Gasteiger partial charge on any atom is 0.264 e. The number of likely N-dealkylation sites (tertiary alicyclic amines) is 1. The van der Waals surface area contributed by atoms with Crippen molar-refractivity contribution in [1.29, 1.82) is 0 Å². The van der Waals surface area contributed by atoms with Crippen LogP contribution in [0.3, 0.4) is 0 Å². The highest BCUT2D eigenvalue weighted by Crippen LogP contribution is 2.31. The van der Waals surface area contributed by atoms with Crippen LogP contribution in [0.4, 0.5) is 8.78 Å². The summed E-state index contributed by atoms with van der Waals surface area (Å²) in [7, 11) is 0. The standard InChI is InChI=1S/C14H17F2NO2/c1-9(10-5-3-2-4-6-10)17-8-7-11(14(17)19)12(18)13(15)16/h2-6,9,11-13,18H,7-8H2,1H3. The summed E-state index contributed by atoms with van der Waals surface area (Å²) in [6.45, 7) is 2.27. The van der Waals surface area contributed by atoms with Gasteiger partial charge in [-0.25, -0.2) is 8.78 Å². The van der Waals surface area contributed by atoms with E-state index in [0.29, 0.717) is 6.54 Å². The third-order valence-electron chi connectivity index (χ3n) is 3.70. The molecule has 0 aromatic heterocycles. The summed E-state index contributed by atoms with van der Waals surface area (Å²) >= 11 is 0. The first-order valence-corrected chi connectivity index (χ1v) is 6.34. The second-order valence-corrected chi connectivity index (χ2v) is 4.84. The second-order valence-electron chi connectivity index (χ2n) is 4.84. The molecular formula is C14H17F2NO2. The Kier molecular flexibility index (Phi) is 4.14. The van der Waals surface area contributed by atoms with Crippen LogP contribution in [0.5, 0.6) is 0 Å². The summed E-state index contributed by atoms with van der Waals surface area (Å²) < 4.78 is 25.0. The molecule has 0 spiro atoms. The molecule has 1 heterocycles. The van der Waals surface area contributed by atoms with E-state index < -0.39 is 18.4 Å². The molecule has 3 atom stereocenters. The van der Waals surface area contributed by atoms with E-state index >= 15 is 0 Å². The van der Waals surface area contributed by atoms with Crippen molar-refractivity contribution < 1.29 is 18.7 Å². The van der Waals surface area contributed by atoms with E-state index in [1.54, 1.807) is 4.90 Å². The fourth-order valence-corrected chi connectivity index (χ4v) is 2.51. The lowest BCUT2D eigenvalue weighted by Crippen LogP contribution is -2.36. The summed E-state index contributed by atoms with van der Waals surface area (Å²) in [6.07, 6.45) is -4.46. The molecule has 2 rings (SSSR count). The Labute approximate surface area is 110 Å². The number of benzene rings is 1.